The van der Waals surface area contributed by atoms with Crippen LogP contribution in [0, 0.1) is 0 Å². The van der Waals surface area contributed by atoms with Crippen molar-refractivity contribution < 1.29 is 9.59 Å². The fourth-order valence-electron chi connectivity index (χ4n) is 0.529. The highest BCUT2D eigenvalue weighted by atomic mass is 16.1. The summed E-state index contributed by atoms with van der Waals surface area (Å²) in [6.07, 6.45) is 3.73. The average molecular weight is 123 g/mol. The van der Waals surface area contributed by atoms with Gasteiger partial charge in [0.05, 0.1) is 12.6 Å². The summed E-state index contributed by atoms with van der Waals surface area (Å²) in [5.41, 5.74) is 0. The molecular weight excluding hydrogens is 118 g/mol. The molecule has 3 nitrogen and oxygen atoms in total. The number of carbonyl (C=O) groups is 2. The maximum absolute atomic E-state index is 10.5. The Bertz CT molecular complexity index is 181. The molecule has 0 N–H and O–H groups in total. The number of hydrogen-bond acceptors (Lipinski definition) is 3. The summed E-state index contributed by atoms with van der Waals surface area (Å²) in [6, 6.07) is 0. The lowest BCUT2D eigenvalue weighted by Gasteiger charge is -1.81. The second kappa shape index (κ2) is 2.35. The molecule has 0 spiro atoms. The van der Waals surface area contributed by atoms with E-state index in [-0.39, 0.29) is 18.0 Å². The summed E-state index contributed by atoms with van der Waals surface area (Å²) < 4.78 is 0. The highest BCUT2D eigenvalue weighted by Gasteiger charge is 2.05. The Morgan fingerprint density at radius 2 is 2.11 bits per heavy atom. The second-order valence-corrected chi connectivity index (χ2v) is 1.70. The fourth-order valence-corrected chi connectivity index (χ4v) is 0.529. The third-order valence-electron chi connectivity index (χ3n) is 0.913. The van der Waals surface area contributed by atoms with Crippen molar-refractivity contribution in [1.82, 2.24) is 0 Å². The van der Waals surface area contributed by atoms with Gasteiger partial charge in [0, 0.05) is 6.20 Å². The third-order valence-corrected chi connectivity index (χ3v) is 0.913. The Morgan fingerprint density at radius 1 is 1.33 bits per heavy atom. The summed E-state index contributed by atoms with van der Waals surface area (Å²) in [4.78, 5) is 24.5. The Kier molecular flexibility index (Phi) is 1.53. The highest BCUT2D eigenvalue weighted by molar-refractivity contribution is 6.33. The van der Waals surface area contributed by atoms with Gasteiger partial charge in [-0.25, -0.2) is 0 Å². The standard InChI is InChI=1S/C6H5NO2/c8-5-1-2-7-4-6(9)3-5/h1-2,4H,3H2. The van der Waals surface area contributed by atoms with E-state index < -0.39 is 0 Å². The van der Waals surface area contributed by atoms with Crippen molar-refractivity contribution in [2.24, 2.45) is 4.99 Å². The first kappa shape index (κ1) is 5.88. The maximum Gasteiger partial charge on any atom is 0.181 e. The molecule has 0 atom stereocenters. The normalized spacial score (nSPS) is 18.2. The van der Waals surface area contributed by atoms with Crippen molar-refractivity contribution in [2.75, 3.05) is 0 Å². The summed E-state index contributed by atoms with van der Waals surface area (Å²) in [5.74, 6) is -0.414. The average Bonchev–Trinajstić information content (AvgIpc) is 1.93. The molecule has 0 unspecified atom stereocenters. The number of nitrogens with zero attached hydrogens (tertiary/aromatic N) is 1. The molecule has 0 bridgehead atoms. The third kappa shape index (κ3) is 1.60. The van der Waals surface area contributed by atoms with Gasteiger partial charge in [0.2, 0.25) is 0 Å². The molecule has 46 valence electrons. The predicted molar refractivity (Wildman–Crippen MR) is 32.3 cm³/mol. The number of carbonyl (C=O) groups excluding carboxylic acids is 2. The number of allylic oxidation sites excluding steroid dienone is 1. The van der Waals surface area contributed by atoms with Crippen molar-refractivity contribution in [3.05, 3.63) is 12.3 Å². The molecule has 0 aromatic carbocycles. The molecule has 0 radical (unpaired) electrons. The first-order chi connectivity index (χ1) is 4.29. The van der Waals surface area contributed by atoms with Gasteiger partial charge in [0.1, 0.15) is 0 Å². The summed E-state index contributed by atoms with van der Waals surface area (Å²) in [7, 11) is 0. The molecule has 1 rings (SSSR count). The topological polar surface area (TPSA) is 46.5 Å². The van der Waals surface area contributed by atoms with Crippen LogP contribution in [0.3, 0.4) is 0 Å². The van der Waals surface area contributed by atoms with Gasteiger partial charge in [-0.15, -0.1) is 0 Å². The van der Waals surface area contributed by atoms with Crippen LogP contribution in [0.15, 0.2) is 17.3 Å². The van der Waals surface area contributed by atoms with Crippen LogP contribution in [0.5, 0.6) is 0 Å². The van der Waals surface area contributed by atoms with E-state index >= 15 is 0 Å². The molecule has 0 fully saturated rings. The summed E-state index contributed by atoms with van der Waals surface area (Å²) in [5, 5.41) is 0. The molecule has 3 heteroatoms. The van der Waals surface area contributed by atoms with Gasteiger partial charge in [-0.3, -0.25) is 14.6 Å². The van der Waals surface area contributed by atoms with E-state index in [1.807, 2.05) is 0 Å². The van der Waals surface area contributed by atoms with Crippen LogP contribution < -0.4 is 0 Å². The molecule has 0 amide bonds. The summed E-state index contributed by atoms with van der Waals surface area (Å²) >= 11 is 0. The van der Waals surface area contributed by atoms with Crippen molar-refractivity contribution in [3.63, 3.8) is 0 Å². The van der Waals surface area contributed by atoms with E-state index in [0.29, 0.717) is 0 Å². The van der Waals surface area contributed by atoms with Crippen LogP contribution >= 0.6 is 0 Å². The lowest BCUT2D eigenvalue weighted by molar-refractivity contribution is -0.120. The van der Waals surface area contributed by atoms with Gasteiger partial charge < -0.3 is 0 Å². The van der Waals surface area contributed by atoms with E-state index in [4.69, 9.17) is 0 Å². The number of rotatable bonds is 0. The van der Waals surface area contributed by atoms with Crippen LogP contribution in [-0.2, 0) is 9.59 Å². The Balaban J connectivity index is 2.76. The summed E-state index contributed by atoms with van der Waals surface area (Å²) in [6.45, 7) is 0. The Labute approximate surface area is 52.1 Å². The van der Waals surface area contributed by atoms with Gasteiger partial charge in [-0.05, 0) is 6.08 Å². The van der Waals surface area contributed by atoms with Gasteiger partial charge in [0.15, 0.2) is 11.6 Å². The van der Waals surface area contributed by atoms with Crippen LogP contribution in [0.2, 0.25) is 0 Å². The first-order valence-electron chi connectivity index (χ1n) is 2.54. The van der Waals surface area contributed by atoms with Gasteiger partial charge in [0.25, 0.3) is 0 Å². The van der Waals surface area contributed by atoms with E-state index in [2.05, 4.69) is 4.99 Å². The van der Waals surface area contributed by atoms with Crippen molar-refractivity contribution >= 4 is 17.8 Å². The first-order valence-corrected chi connectivity index (χ1v) is 2.54. The van der Waals surface area contributed by atoms with Crippen LogP contribution in [-0.4, -0.2) is 17.8 Å². The molecule has 9 heavy (non-hydrogen) atoms. The minimum atomic E-state index is -0.231. The molecule has 1 aliphatic heterocycles. The lowest BCUT2D eigenvalue weighted by Crippen LogP contribution is -2.03. The SMILES string of the molecule is O=C1C=CN=CC(=O)C1. The molecule has 1 heterocycles. The van der Waals surface area contributed by atoms with E-state index in [0.717, 1.165) is 6.21 Å². The van der Waals surface area contributed by atoms with Crippen LogP contribution in [0.4, 0.5) is 0 Å². The van der Waals surface area contributed by atoms with Crippen LogP contribution in [0.25, 0.3) is 0 Å². The predicted octanol–water partition coefficient (Wildman–Crippen LogP) is 0.113. The number of hydrogen-bond donors (Lipinski definition) is 0. The van der Waals surface area contributed by atoms with Crippen molar-refractivity contribution in [3.8, 4) is 0 Å². The van der Waals surface area contributed by atoms with E-state index in [1.54, 1.807) is 0 Å². The zero-order valence-electron chi connectivity index (χ0n) is 4.70. The Hall–Kier alpha value is -1.25. The molecule has 0 aliphatic carbocycles. The molecule has 0 saturated carbocycles. The lowest BCUT2D eigenvalue weighted by atomic mass is 10.2. The second-order valence-electron chi connectivity index (χ2n) is 1.70. The maximum atomic E-state index is 10.5. The van der Waals surface area contributed by atoms with Gasteiger partial charge in [-0.1, -0.05) is 0 Å². The fraction of sp³-hybridized carbons (Fsp3) is 0.167. The molecule has 0 aromatic rings. The smallest absolute Gasteiger partial charge is 0.181 e. The minimum Gasteiger partial charge on any atom is -0.294 e. The molecule has 1 aliphatic rings. The van der Waals surface area contributed by atoms with E-state index in [9.17, 15) is 9.59 Å². The van der Waals surface area contributed by atoms with Crippen LogP contribution in [0.1, 0.15) is 6.42 Å². The monoisotopic (exact) mass is 123 g/mol. The molecule has 0 saturated heterocycles. The zero-order valence-corrected chi connectivity index (χ0v) is 4.70. The quantitative estimate of drug-likeness (QED) is 0.429. The minimum absolute atomic E-state index is 0.0417. The molecular formula is C6H5NO2. The zero-order chi connectivity index (χ0) is 6.69. The van der Waals surface area contributed by atoms with Crippen molar-refractivity contribution in [1.29, 1.82) is 0 Å². The molecule has 0 aromatic heterocycles. The number of aliphatic imine (C=N–C) groups is 1. The van der Waals surface area contributed by atoms with E-state index in [1.165, 1.54) is 12.3 Å². The van der Waals surface area contributed by atoms with Gasteiger partial charge in [-0.2, -0.15) is 0 Å². The highest BCUT2D eigenvalue weighted by Crippen LogP contribution is 1.91. The number of ketones is 2. The van der Waals surface area contributed by atoms with Crippen molar-refractivity contribution in [2.45, 2.75) is 6.42 Å². The van der Waals surface area contributed by atoms with Gasteiger partial charge >= 0.3 is 0 Å². The Morgan fingerprint density at radius 3 is 2.89 bits per heavy atom. The largest absolute Gasteiger partial charge is 0.294 e. The number of Topliss-reactive ketones (excluding diaryl/α,β-unsaturated/α-hetero) is 1.